The number of carbonyl (C=O) groups excluding carboxylic acids is 1. The van der Waals surface area contributed by atoms with Crippen LogP contribution in [0.1, 0.15) is 18.4 Å². The van der Waals surface area contributed by atoms with Crippen molar-refractivity contribution < 1.29 is 4.79 Å². The Labute approximate surface area is 143 Å². The van der Waals surface area contributed by atoms with Crippen LogP contribution in [0.25, 0.3) is 16.2 Å². The Bertz CT molecular complexity index is 733. The second-order valence-corrected chi connectivity index (χ2v) is 7.10. The maximum absolute atomic E-state index is 12.2. The van der Waals surface area contributed by atoms with Gasteiger partial charge in [-0.15, -0.1) is 11.3 Å². The molecule has 2 aromatic rings. The maximum atomic E-state index is 12.2. The molecule has 0 spiro atoms. The first-order valence-corrected chi connectivity index (χ1v) is 8.77. The molecule has 1 saturated heterocycles. The Morgan fingerprint density at radius 3 is 2.77 bits per heavy atom. The molecule has 6 heteroatoms. The van der Waals surface area contributed by atoms with Crippen molar-refractivity contribution in [3.05, 3.63) is 39.2 Å². The van der Waals surface area contributed by atoms with Gasteiger partial charge in [0.25, 0.3) is 0 Å². The van der Waals surface area contributed by atoms with Crippen LogP contribution in [0, 0.1) is 0 Å². The third kappa shape index (κ3) is 3.15. The topological polar surface area (TPSA) is 46.3 Å². The Balaban J connectivity index is 1.80. The third-order valence-corrected chi connectivity index (χ3v) is 5.85. The lowest BCUT2D eigenvalue weighted by Crippen LogP contribution is -2.42. The first kappa shape index (κ1) is 15.8. The molecule has 1 aromatic carbocycles. The Morgan fingerprint density at radius 2 is 2.05 bits per heavy atom. The second-order valence-electron chi connectivity index (χ2n) is 5.43. The number of carbonyl (C=O) groups is 1. The van der Waals surface area contributed by atoms with Gasteiger partial charge in [-0.1, -0.05) is 23.2 Å². The van der Waals surface area contributed by atoms with Gasteiger partial charge in [0, 0.05) is 25.2 Å². The first-order chi connectivity index (χ1) is 10.6. The fourth-order valence-electron chi connectivity index (χ4n) is 2.58. The van der Waals surface area contributed by atoms with E-state index in [9.17, 15) is 4.79 Å². The number of amides is 1. The van der Waals surface area contributed by atoms with Crippen molar-refractivity contribution >= 4 is 56.6 Å². The number of fused-ring (bicyclic) bond motifs is 1. The zero-order valence-electron chi connectivity index (χ0n) is 11.9. The fraction of sp³-hybridized carbons (Fsp3) is 0.312. The van der Waals surface area contributed by atoms with E-state index in [-0.39, 0.29) is 11.9 Å². The van der Waals surface area contributed by atoms with Crippen molar-refractivity contribution in [2.45, 2.75) is 18.9 Å². The van der Waals surface area contributed by atoms with E-state index in [1.165, 1.54) is 0 Å². The summed E-state index contributed by atoms with van der Waals surface area (Å²) in [7, 11) is 0. The van der Waals surface area contributed by atoms with Crippen LogP contribution in [0.2, 0.25) is 10.0 Å². The van der Waals surface area contributed by atoms with Crippen LogP contribution >= 0.6 is 34.5 Å². The molecule has 2 heterocycles. The van der Waals surface area contributed by atoms with E-state index < -0.39 is 0 Å². The number of hydrogen-bond acceptors (Lipinski definition) is 3. The number of hydrogen-bond donors (Lipinski definition) is 1. The van der Waals surface area contributed by atoms with Crippen molar-refractivity contribution in [2.24, 2.45) is 5.73 Å². The van der Waals surface area contributed by atoms with Crippen LogP contribution in [0.3, 0.4) is 0 Å². The third-order valence-electron chi connectivity index (χ3n) is 3.91. The van der Waals surface area contributed by atoms with Crippen LogP contribution in [-0.4, -0.2) is 29.9 Å². The molecule has 3 rings (SSSR count). The quantitative estimate of drug-likeness (QED) is 0.822. The number of halogens is 2. The lowest BCUT2D eigenvalue weighted by Gasteiger charge is -2.29. The maximum Gasteiger partial charge on any atom is 0.246 e. The fourth-order valence-corrected chi connectivity index (χ4v) is 4.02. The summed E-state index contributed by atoms with van der Waals surface area (Å²) in [6, 6.07) is 4.16. The molecule has 116 valence electrons. The van der Waals surface area contributed by atoms with Gasteiger partial charge in [-0.3, -0.25) is 4.79 Å². The minimum atomic E-state index is -0.00972. The minimum Gasteiger partial charge on any atom is -0.339 e. The number of piperidine rings is 1. The molecule has 0 aliphatic carbocycles. The second kappa shape index (κ2) is 6.59. The molecular formula is C16H16Cl2N2OS. The van der Waals surface area contributed by atoms with E-state index in [0.717, 1.165) is 28.5 Å². The highest BCUT2D eigenvalue weighted by molar-refractivity contribution is 7.18. The lowest BCUT2D eigenvalue weighted by atomic mass is 10.1. The molecule has 22 heavy (non-hydrogen) atoms. The molecule has 2 N–H and O–H groups in total. The molecule has 3 nitrogen and oxygen atoms in total. The smallest absolute Gasteiger partial charge is 0.246 e. The van der Waals surface area contributed by atoms with Crippen LogP contribution in [0.4, 0.5) is 0 Å². The number of likely N-dealkylation sites (tertiary alicyclic amines) is 1. The molecule has 0 unspecified atom stereocenters. The lowest BCUT2D eigenvalue weighted by molar-refractivity contribution is -0.126. The molecule has 0 saturated carbocycles. The molecule has 0 bridgehead atoms. The highest BCUT2D eigenvalue weighted by Crippen LogP contribution is 2.37. The standard InChI is InChI=1S/C16H16Cl2N2OS/c17-14-10(9-11-5-8-22-16(11)15(14)18)1-2-13(21)20-6-3-12(19)4-7-20/h1-2,5,8-9,12H,3-4,6-7,19H2/b2-1+. The van der Waals surface area contributed by atoms with Crippen molar-refractivity contribution in [1.82, 2.24) is 4.90 Å². The van der Waals surface area contributed by atoms with E-state index in [1.54, 1.807) is 23.5 Å². The summed E-state index contributed by atoms with van der Waals surface area (Å²) in [6.45, 7) is 1.42. The number of thiophene rings is 1. The molecule has 0 atom stereocenters. The van der Waals surface area contributed by atoms with E-state index in [4.69, 9.17) is 28.9 Å². The summed E-state index contributed by atoms with van der Waals surface area (Å²) in [6.07, 6.45) is 5.01. The first-order valence-electron chi connectivity index (χ1n) is 7.14. The summed E-state index contributed by atoms with van der Waals surface area (Å²) < 4.78 is 0.972. The summed E-state index contributed by atoms with van der Waals surface area (Å²) in [5.41, 5.74) is 6.62. The monoisotopic (exact) mass is 354 g/mol. The average Bonchev–Trinajstić information content (AvgIpc) is 2.98. The number of nitrogens with zero attached hydrogens (tertiary/aromatic N) is 1. The molecule has 1 amide bonds. The van der Waals surface area contributed by atoms with Gasteiger partial charge in [0.05, 0.1) is 14.7 Å². The summed E-state index contributed by atoms with van der Waals surface area (Å²) in [4.78, 5) is 14.0. The SMILES string of the molecule is NC1CCN(C(=O)/C=C/c2cc3ccsc3c(Cl)c2Cl)CC1. The highest BCUT2D eigenvalue weighted by atomic mass is 35.5. The van der Waals surface area contributed by atoms with Crippen LogP contribution < -0.4 is 5.73 Å². The molecule has 1 aliphatic heterocycles. The van der Waals surface area contributed by atoms with E-state index in [0.29, 0.717) is 23.1 Å². The van der Waals surface area contributed by atoms with E-state index in [2.05, 4.69) is 0 Å². The Hall–Kier alpha value is -1.07. The van der Waals surface area contributed by atoms with Gasteiger partial charge in [-0.05, 0) is 47.4 Å². The van der Waals surface area contributed by atoms with Crippen LogP contribution in [0.15, 0.2) is 23.6 Å². The van der Waals surface area contributed by atoms with Gasteiger partial charge >= 0.3 is 0 Å². The molecule has 1 fully saturated rings. The Kier molecular flexibility index (Phi) is 4.73. The number of rotatable bonds is 2. The van der Waals surface area contributed by atoms with Gasteiger partial charge < -0.3 is 10.6 Å². The largest absolute Gasteiger partial charge is 0.339 e. The van der Waals surface area contributed by atoms with E-state index in [1.807, 2.05) is 22.4 Å². The molecule has 1 aliphatic rings. The molecular weight excluding hydrogens is 339 g/mol. The van der Waals surface area contributed by atoms with Gasteiger partial charge in [-0.25, -0.2) is 0 Å². The van der Waals surface area contributed by atoms with Crippen LogP contribution in [0.5, 0.6) is 0 Å². The molecule has 1 aromatic heterocycles. The zero-order valence-corrected chi connectivity index (χ0v) is 14.2. The van der Waals surface area contributed by atoms with Crippen molar-refractivity contribution in [2.75, 3.05) is 13.1 Å². The highest BCUT2D eigenvalue weighted by Gasteiger charge is 2.19. The molecule has 0 radical (unpaired) electrons. The van der Waals surface area contributed by atoms with E-state index >= 15 is 0 Å². The average molecular weight is 355 g/mol. The Morgan fingerprint density at radius 1 is 1.32 bits per heavy atom. The van der Waals surface area contributed by atoms with Crippen molar-refractivity contribution in [1.29, 1.82) is 0 Å². The minimum absolute atomic E-state index is 0.00972. The number of nitrogens with two attached hydrogens (primary N) is 1. The van der Waals surface area contributed by atoms with Gasteiger partial charge in [0.1, 0.15) is 0 Å². The normalized spacial score (nSPS) is 16.8. The number of benzene rings is 1. The van der Waals surface area contributed by atoms with Gasteiger partial charge in [-0.2, -0.15) is 0 Å². The van der Waals surface area contributed by atoms with Crippen molar-refractivity contribution in [3.63, 3.8) is 0 Å². The van der Waals surface area contributed by atoms with Crippen LogP contribution in [-0.2, 0) is 4.79 Å². The predicted molar refractivity (Wildman–Crippen MR) is 94.7 cm³/mol. The summed E-state index contributed by atoms with van der Waals surface area (Å²) >= 11 is 14.1. The van der Waals surface area contributed by atoms with Crippen molar-refractivity contribution in [3.8, 4) is 0 Å². The van der Waals surface area contributed by atoms with Gasteiger partial charge in [0.2, 0.25) is 5.91 Å². The predicted octanol–water partition coefficient (Wildman–Crippen LogP) is 4.17. The summed E-state index contributed by atoms with van der Waals surface area (Å²) in [5.74, 6) is -0.00972. The summed E-state index contributed by atoms with van der Waals surface area (Å²) in [5, 5.41) is 4.05. The zero-order chi connectivity index (χ0) is 15.7. The van der Waals surface area contributed by atoms with Gasteiger partial charge in [0.15, 0.2) is 0 Å².